The molecular formula is C13H15ClN2O. The number of carbonyl (C=O) groups excluding carboxylic acids is 1. The van der Waals surface area contributed by atoms with Gasteiger partial charge in [0.25, 0.3) is 0 Å². The first-order valence-electron chi connectivity index (χ1n) is 5.97. The standard InChI is InChI=1S/C13H15ClN2O/c1-8-7-13(4-5-15-8)10-6-9(14)2-3-11(10)16-12(13)17/h2-3,6,8,15H,4-5,7H2,1H3,(H,16,17). The van der Waals surface area contributed by atoms with Crippen molar-refractivity contribution in [1.29, 1.82) is 0 Å². The Hall–Kier alpha value is -1.06. The molecule has 17 heavy (non-hydrogen) atoms. The summed E-state index contributed by atoms with van der Waals surface area (Å²) in [5.74, 6) is 0.128. The van der Waals surface area contributed by atoms with Gasteiger partial charge in [-0.1, -0.05) is 11.6 Å². The van der Waals surface area contributed by atoms with Gasteiger partial charge >= 0.3 is 0 Å². The van der Waals surface area contributed by atoms with Crippen molar-refractivity contribution in [3.05, 3.63) is 28.8 Å². The molecule has 2 atom stereocenters. The summed E-state index contributed by atoms with van der Waals surface area (Å²) in [5, 5.41) is 7.07. The number of fused-ring (bicyclic) bond motifs is 2. The van der Waals surface area contributed by atoms with Crippen molar-refractivity contribution in [2.75, 3.05) is 11.9 Å². The van der Waals surface area contributed by atoms with Crippen LogP contribution in [0.15, 0.2) is 18.2 Å². The van der Waals surface area contributed by atoms with E-state index in [4.69, 9.17) is 11.6 Å². The van der Waals surface area contributed by atoms with E-state index in [2.05, 4.69) is 17.6 Å². The summed E-state index contributed by atoms with van der Waals surface area (Å²) in [7, 11) is 0. The third-order valence-electron chi connectivity index (χ3n) is 3.88. The minimum atomic E-state index is -0.370. The highest BCUT2D eigenvalue weighted by Gasteiger charge is 2.48. The van der Waals surface area contributed by atoms with Crippen molar-refractivity contribution in [1.82, 2.24) is 5.32 Å². The van der Waals surface area contributed by atoms with Crippen molar-refractivity contribution >= 4 is 23.2 Å². The zero-order chi connectivity index (χ0) is 12.0. The highest BCUT2D eigenvalue weighted by molar-refractivity contribution is 6.31. The van der Waals surface area contributed by atoms with Crippen LogP contribution in [0.5, 0.6) is 0 Å². The number of anilines is 1. The zero-order valence-corrected chi connectivity index (χ0v) is 10.5. The van der Waals surface area contributed by atoms with Crippen molar-refractivity contribution in [2.24, 2.45) is 0 Å². The Morgan fingerprint density at radius 3 is 3.06 bits per heavy atom. The molecule has 4 heteroatoms. The largest absolute Gasteiger partial charge is 0.325 e. The first-order chi connectivity index (χ1) is 8.12. The second kappa shape index (κ2) is 3.72. The van der Waals surface area contributed by atoms with Gasteiger partial charge < -0.3 is 10.6 Å². The van der Waals surface area contributed by atoms with E-state index in [1.807, 2.05) is 18.2 Å². The molecule has 1 aromatic rings. The summed E-state index contributed by atoms with van der Waals surface area (Å²) in [6.07, 6.45) is 1.68. The Labute approximate surface area is 106 Å². The molecule has 2 unspecified atom stereocenters. The average Bonchev–Trinajstić information content (AvgIpc) is 2.53. The molecule has 1 amide bonds. The smallest absolute Gasteiger partial charge is 0.235 e. The normalized spacial score (nSPS) is 31.4. The predicted molar refractivity (Wildman–Crippen MR) is 68.5 cm³/mol. The summed E-state index contributed by atoms with van der Waals surface area (Å²) < 4.78 is 0. The zero-order valence-electron chi connectivity index (χ0n) is 9.72. The maximum atomic E-state index is 12.3. The lowest BCUT2D eigenvalue weighted by Crippen LogP contribution is -2.48. The maximum Gasteiger partial charge on any atom is 0.235 e. The minimum Gasteiger partial charge on any atom is -0.325 e. The number of piperidine rings is 1. The molecule has 0 saturated carbocycles. The lowest BCUT2D eigenvalue weighted by atomic mass is 9.72. The number of benzene rings is 1. The molecule has 1 saturated heterocycles. The molecule has 3 rings (SSSR count). The van der Waals surface area contributed by atoms with Crippen LogP contribution in [0, 0.1) is 0 Å². The van der Waals surface area contributed by atoms with Crippen LogP contribution in [-0.4, -0.2) is 18.5 Å². The van der Waals surface area contributed by atoms with E-state index in [1.54, 1.807) is 0 Å². The van der Waals surface area contributed by atoms with Crippen LogP contribution in [0.4, 0.5) is 5.69 Å². The van der Waals surface area contributed by atoms with Gasteiger partial charge in [0, 0.05) is 16.8 Å². The SMILES string of the molecule is CC1CC2(CCN1)C(=O)Nc1ccc(Cl)cc12. The Kier molecular flexibility index (Phi) is 2.42. The number of carbonyl (C=O) groups is 1. The number of rotatable bonds is 0. The van der Waals surface area contributed by atoms with Gasteiger partial charge in [0.1, 0.15) is 0 Å². The van der Waals surface area contributed by atoms with Crippen molar-refractivity contribution in [3.63, 3.8) is 0 Å². The summed E-state index contributed by atoms with van der Waals surface area (Å²) in [4.78, 5) is 12.3. The fourth-order valence-electron chi connectivity index (χ4n) is 3.07. The molecule has 0 aliphatic carbocycles. The van der Waals surface area contributed by atoms with E-state index < -0.39 is 0 Å². The molecular weight excluding hydrogens is 236 g/mol. The van der Waals surface area contributed by atoms with Gasteiger partial charge in [-0.2, -0.15) is 0 Å². The van der Waals surface area contributed by atoms with E-state index in [-0.39, 0.29) is 11.3 Å². The summed E-state index contributed by atoms with van der Waals surface area (Å²) in [6.45, 7) is 3.00. The van der Waals surface area contributed by atoms with Crippen LogP contribution < -0.4 is 10.6 Å². The number of amides is 1. The topological polar surface area (TPSA) is 41.1 Å². The minimum absolute atomic E-state index is 0.128. The molecule has 0 aromatic heterocycles. The second-order valence-corrected chi connectivity index (χ2v) is 5.47. The third-order valence-corrected chi connectivity index (χ3v) is 4.11. The second-order valence-electron chi connectivity index (χ2n) is 5.04. The number of halogens is 1. The van der Waals surface area contributed by atoms with Crippen LogP contribution >= 0.6 is 11.6 Å². The summed E-state index contributed by atoms with van der Waals surface area (Å²) in [6, 6.07) is 6.02. The van der Waals surface area contributed by atoms with Crippen molar-refractivity contribution in [3.8, 4) is 0 Å². The maximum absolute atomic E-state index is 12.3. The first-order valence-corrected chi connectivity index (χ1v) is 6.34. The number of hydrogen-bond donors (Lipinski definition) is 2. The monoisotopic (exact) mass is 250 g/mol. The molecule has 1 spiro atoms. The van der Waals surface area contributed by atoms with E-state index >= 15 is 0 Å². The predicted octanol–water partition coefficient (Wildman–Crippen LogP) is 2.30. The molecule has 2 aliphatic rings. The fraction of sp³-hybridized carbons (Fsp3) is 0.462. The van der Waals surface area contributed by atoms with Crippen LogP contribution in [0.2, 0.25) is 5.02 Å². The molecule has 2 heterocycles. The van der Waals surface area contributed by atoms with E-state index in [0.717, 1.165) is 30.6 Å². The van der Waals surface area contributed by atoms with Gasteiger partial charge in [-0.15, -0.1) is 0 Å². The fourth-order valence-corrected chi connectivity index (χ4v) is 3.24. The van der Waals surface area contributed by atoms with E-state index in [9.17, 15) is 4.79 Å². The van der Waals surface area contributed by atoms with Crippen molar-refractivity contribution < 1.29 is 4.79 Å². The molecule has 0 bridgehead atoms. The van der Waals surface area contributed by atoms with Gasteiger partial charge in [0.05, 0.1) is 5.41 Å². The van der Waals surface area contributed by atoms with Crippen molar-refractivity contribution in [2.45, 2.75) is 31.2 Å². The highest BCUT2D eigenvalue weighted by atomic mass is 35.5. The molecule has 90 valence electrons. The van der Waals surface area contributed by atoms with Gasteiger partial charge in [-0.05, 0) is 50.1 Å². The number of nitrogens with one attached hydrogen (secondary N) is 2. The van der Waals surface area contributed by atoms with Gasteiger partial charge in [0.15, 0.2) is 0 Å². The highest BCUT2D eigenvalue weighted by Crippen LogP contribution is 2.45. The number of hydrogen-bond acceptors (Lipinski definition) is 2. The summed E-state index contributed by atoms with van der Waals surface area (Å²) in [5.41, 5.74) is 1.63. The van der Waals surface area contributed by atoms with Gasteiger partial charge in [-0.3, -0.25) is 4.79 Å². The van der Waals surface area contributed by atoms with Crippen LogP contribution in [0.25, 0.3) is 0 Å². The molecule has 2 N–H and O–H groups in total. The lowest BCUT2D eigenvalue weighted by Gasteiger charge is -2.35. The Morgan fingerprint density at radius 2 is 2.29 bits per heavy atom. The van der Waals surface area contributed by atoms with Gasteiger partial charge in [0.2, 0.25) is 5.91 Å². The molecule has 3 nitrogen and oxygen atoms in total. The van der Waals surface area contributed by atoms with Crippen LogP contribution in [-0.2, 0) is 10.2 Å². The third kappa shape index (κ3) is 1.57. The Morgan fingerprint density at radius 1 is 1.47 bits per heavy atom. The van der Waals surface area contributed by atoms with Gasteiger partial charge in [-0.25, -0.2) is 0 Å². The summed E-state index contributed by atoms with van der Waals surface area (Å²) >= 11 is 6.06. The van der Waals surface area contributed by atoms with Crippen LogP contribution in [0.1, 0.15) is 25.3 Å². The lowest BCUT2D eigenvalue weighted by molar-refractivity contribution is -0.122. The molecule has 0 radical (unpaired) electrons. The molecule has 2 aliphatic heterocycles. The molecule has 1 aromatic carbocycles. The quantitative estimate of drug-likeness (QED) is 0.742. The van der Waals surface area contributed by atoms with E-state index in [1.165, 1.54) is 0 Å². The Bertz CT molecular complexity index is 488. The average molecular weight is 251 g/mol. The van der Waals surface area contributed by atoms with E-state index in [0.29, 0.717) is 11.1 Å². The Balaban J connectivity index is 2.11. The first kappa shape index (κ1) is 11.1. The van der Waals surface area contributed by atoms with Crippen LogP contribution in [0.3, 0.4) is 0 Å². The molecule has 1 fully saturated rings.